The van der Waals surface area contributed by atoms with Crippen LogP contribution in [0.2, 0.25) is 0 Å². The molecule has 1 amide bonds. The van der Waals surface area contributed by atoms with Gasteiger partial charge in [-0.15, -0.1) is 24.0 Å². The Labute approximate surface area is 108 Å². The summed E-state index contributed by atoms with van der Waals surface area (Å²) in [5.41, 5.74) is 1.13. The van der Waals surface area contributed by atoms with E-state index in [4.69, 9.17) is 5.26 Å². The standard InChI is InChI=1S/C12H8N2OS2/c13-6-8-2-1-3-9(4-8)14-12(15)11-5-10(16)7-17-11/h1-5,7,16H,(H,14,15). The predicted octanol–water partition coefficient (Wildman–Crippen LogP) is 3.16. The van der Waals surface area contributed by atoms with Crippen LogP contribution in [0.3, 0.4) is 0 Å². The number of thiol groups is 1. The van der Waals surface area contributed by atoms with E-state index >= 15 is 0 Å². The van der Waals surface area contributed by atoms with E-state index in [1.54, 1.807) is 35.7 Å². The average Bonchev–Trinajstić information content (AvgIpc) is 2.76. The number of anilines is 1. The Hall–Kier alpha value is -1.77. The number of amides is 1. The Morgan fingerprint density at radius 2 is 2.24 bits per heavy atom. The summed E-state index contributed by atoms with van der Waals surface area (Å²) in [5.74, 6) is -0.189. The summed E-state index contributed by atoms with van der Waals surface area (Å²) in [6.45, 7) is 0. The molecule has 0 spiro atoms. The van der Waals surface area contributed by atoms with Gasteiger partial charge in [0, 0.05) is 16.0 Å². The lowest BCUT2D eigenvalue weighted by atomic mass is 10.2. The van der Waals surface area contributed by atoms with Crippen LogP contribution in [-0.2, 0) is 0 Å². The van der Waals surface area contributed by atoms with Gasteiger partial charge in [0.1, 0.15) is 0 Å². The van der Waals surface area contributed by atoms with E-state index in [0.29, 0.717) is 16.1 Å². The molecular formula is C12H8N2OS2. The summed E-state index contributed by atoms with van der Waals surface area (Å²) < 4.78 is 0. The molecule has 0 radical (unpaired) electrons. The van der Waals surface area contributed by atoms with Gasteiger partial charge in [-0.25, -0.2) is 0 Å². The van der Waals surface area contributed by atoms with Gasteiger partial charge >= 0.3 is 0 Å². The monoisotopic (exact) mass is 260 g/mol. The van der Waals surface area contributed by atoms with Crippen molar-refractivity contribution in [2.75, 3.05) is 5.32 Å². The van der Waals surface area contributed by atoms with E-state index in [1.807, 2.05) is 6.07 Å². The quantitative estimate of drug-likeness (QED) is 0.815. The molecular weight excluding hydrogens is 252 g/mol. The lowest BCUT2D eigenvalue weighted by Crippen LogP contribution is -2.09. The fraction of sp³-hybridized carbons (Fsp3) is 0. The van der Waals surface area contributed by atoms with Gasteiger partial charge in [0.05, 0.1) is 16.5 Å². The highest BCUT2D eigenvalue weighted by atomic mass is 32.1. The largest absolute Gasteiger partial charge is 0.321 e. The van der Waals surface area contributed by atoms with Crippen LogP contribution >= 0.6 is 24.0 Å². The summed E-state index contributed by atoms with van der Waals surface area (Å²) in [4.78, 5) is 13.2. The first-order chi connectivity index (χ1) is 8.19. The molecule has 0 unspecified atom stereocenters. The van der Waals surface area contributed by atoms with Crippen LogP contribution in [0.4, 0.5) is 5.69 Å². The SMILES string of the molecule is N#Cc1cccc(NC(=O)c2cc(S)cs2)c1. The minimum Gasteiger partial charge on any atom is -0.321 e. The number of carbonyl (C=O) groups excluding carboxylic acids is 1. The molecule has 0 atom stereocenters. The Bertz CT molecular complexity index is 599. The zero-order valence-electron chi connectivity index (χ0n) is 8.68. The van der Waals surface area contributed by atoms with Crippen LogP contribution in [0, 0.1) is 11.3 Å². The third kappa shape index (κ3) is 2.87. The lowest BCUT2D eigenvalue weighted by molar-refractivity contribution is 0.103. The molecule has 2 rings (SSSR count). The Kier molecular flexibility index (Phi) is 3.47. The third-order valence-corrected chi connectivity index (χ3v) is 3.42. The normalized spacial score (nSPS) is 9.65. The fourth-order valence-electron chi connectivity index (χ4n) is 1.30. The molecule has 1 N–H and O–H groups in total. The highest BCUT2D eigenvalue weighted by Gasteiger charge is 2.08. The van der Waals surface area contributed by atoms with Crippen molar-refractivity contribution < 1.29 is 4.79 Å². The summed E-state index contributed by atoms with van der Waals surface area (Å²) in [6.07, 6.45) is 0. The van der Waals surface area contributed by atoms with Gasteiger partial charge in [-0.3, -0.25) is 4.79 Å². The van der Waals surface area contributed by atoms with Crippen molar-refractivity contribution in [1.29, 1.82) is 5.26 Å². The van der Waals surface area contributed by atoms with Crippen LogP contribution in [0.15, 0.2) is 40.6 Å². The summed E-state index contributed by atoms with van der Waals surface area (Å²) in [7, 11) is 0. The first-order valence-corrected chi connectivity index (χ1v) is 6.11. The topological polar surface area (TPSA) is 52.9 Å². The van der Waals surface area contributed by atoms with Crippen LogP contribution in [0.25, 0.3) is 0 Å². The lowest BCUT2D eigenvalue weighted by Gasteiger charge is -2.03. The van der Waals surface area contributed by atoms with Crippen molar-refractivity contribution in [2.45, 2.75) is 4.90 Å². The molecule has 1 aromatic heterocycles. The smallest absolute Gasteiger partial charge is 0.265 e. The fourth-order valence-corrected chi connectivity index (χ4v) is 2.35. The van der Waals surface area contributed by atoms with Gasteiger partial charge in [-0.2, -0.15) is 5.26 Å². The maximum absolute atomic E-state index is 11.8. The number of nitrogens with one attached hydrogen (secondary N) is 1. The van der Waals surface area contributed by atoms with Crippen molar-refractivity contribution in [3.63, 3.8) is 0 Å². The van der Waals surface area contributed by atoms with E-state index < -0.39 is 0 Å². The van der Waals surface area contributed by atoms with Crippen molar-refractivity contribution in [3.8, 4) is 6.07 Å². The molecule has 5 heteroatoms. The van der Waals surface area contributed by atoms with Gasteiger partial charge in [0.2, 0.25) is 0 Å². The highest BCUT2D eigenvalue weighted by molar-refractivity contribution is 7.80. The second kappa shape index (κ2) is 5.04. The molecule has 0 bridgehead atoms. The Balaban J connectivity index is 2.16. The molecule has 2 aromatic rings. The van der Waals surface area contributed by atoms with Crippen molar-refractivity contribution in [2.24, 2.45) is 0 Å². The first kappa shape index (κ1) is 11.7. The zero-order chi connectivity index (χ0) is 12.3. The van der Waals surface area contributed by atoms with Gasteiger partial charge in [0.15, 0.2) is 0 Å². The van der Waals surface area contributed by atoms with Gasteiger partial charge in [-0.1, -0.05) is 6.07 Å². The second-order valence-electron chi connectivity index (χ2n) is 3.32. The van der Waals surface area contributed by atoms with E-state index in [-0.39, 0.29) is 5.91 Å². The molecule has 3 nitrogen and oxygen atoms in total. The number of rotatable bonds is 2. The van der Waals surface area contributed by atoms with E-state index in [0.717, 1.165) is 4.90 Å². The van der Waals surface area contributed by atoms with Crippen LogP contribution in [-0.4, -0.2) is 5.91 Å². The Morgan fingerprint density at radius 3 is 2.88 bits per heavy atom. The maximum Gasteiger partial charge on any atom is 0.265 e. The average molecular weight is 260 g/mol. The number of thiophene rings is 1. The van der Waals surface area contributed by atoms with E-state index in [9.17, 15) is 4.79 Å². The maximum atomic E-state index is 11.8. The molecule has 1 heterocycles. The summed E-state index contributed by atoms with van der Waals surface area (Å²) >= 11 is 5.48. The summed E-state index contributed by atoms with van der Waals surface area (Å²) in [6, 6.07) is 10.5. The van der Waals surface area contributed by atoms with Crippen LogP contribution in [0.1, 0.15) is 15.2 Å². The highest BCUT2D eigenvalue weighted by Crippen LogP contribution is 2.19. The van der Waals surface area contributed by atoms with Crippen molar-refractivity contribution in [1.82, 2.24) is 0 Å². The summed E-state index contributed by atoms with van der Waals surface area (Å²) in [5, 5.41) is 13.3. The minimum atomic E-state index is -0.189. The minimum absolute atomic E-state index is 0.189. The first-order valence-electron chi connectivity index (χ1n) is 4.78. The number of nitriles is 1. The van der Waals surface area contributed by atoms with Gasteiger partial charge < -0.3 is 5.32 Å². The number of benzene rings is 1. The van der Waals surface area contributed by atoms with Gasteiger partial charge in [0.25, 0.3) is 5.91 Å². The number of hydrogen-bond acceptors (Lipinski definition) is 4. The molecule has 17 heavy (non-hydrogen) atoms. The zero-order valence-corrected chi connectivity index (χ0v) is 10.4. The number of carbonyl (C=O) groups is 1. The molecule has 0 saturated carbocycles. The molecule has 1 aromatic carbocycles. The second-order valence-corrected chi connectivity index (χ2v) is 4.74. The molecule has 84 valence electrons. The molecule has 0 saturated heterocycles. The van der Waals surface area contributed by atoms with Crippen LogP contribution in [0.5, 0.6) is 0 Å². The number of hydrogen-bond donors (Lipinski definition) is 2. The molecule has 0 aliphatic heterocycles. The molecule has 0 aliphatic rings. The van der Waals surface area contributed by atoms with Gasteiger partial charge in [-0.05, 0) is 24.3 Å². The van der Waals surface area contributed by atoms with Crippen LogP contribution < -0.4 is 5.32 Å². The number of nitrogens with zero attached hydrogens (tertiary/aromatic N) is 1. The van der Waals surface area contributed by atoms with Crippen molar-refractivity contribution in [3.05, 3.63) is 46.2 Å². The Morgan fingerprint density at radius 1 is 1.41 bits per heavy atom. The van der Waals surface area contributed by atoms with E-state index in [2.05, 4.69) is 17.9 Å². The van der Waals surface area contributed by atoms with Crippen molar-refractivity contribution >= 4 is 35.6 Å². The predicted molar refractivity (Wildman–Crippen MR) is 70.7 cm³/mol. The van der Waals surface area contributed by atoms with E-state index in [1.165, 1.54) is 11.3 Å². The third-order valence-electron chi connectivity index (χ3n) is 2.06. The molecule has 0 fully saturated rings. The molecule has 0 aliphatic carbocycles.